The van der Waals surface area contributed by atoms with Gasteiger partial charge in [-0.15, -0.1) is 0 Å². The third-order valence-electron chi connectivity index (χ3n) is 4.44. The van der Waals surface area contributed by atoms with Crippen LogP contribution in [0.2, 0.25) is 0 Å². The van der Waals surface area contributed by atoms with Crippen molar-refractivity contribution in [2.45, 2.75) is 18.9 Å². The van der Waals surface area contributed by atoms with E-state index in [1.165, 1.54) is 10.6 Å². The number of fused-ring (bicyclic) bond motifs is 1. The summed E-state index contributed by atoms with van der Waals surface area (Å²) in [7, 11) is 0. The highest BCUT2D eigenvalue weighted by molar-refractivity contribution is 5.60. The van der Waals surface area contributed by atoms with E-state index in [4.69, 9.17) is 0 Å². The van der Waals surface area contributed by atoms with Crippen molar-refractivity contribution in [1.29, 1.82) is 0 Å². The lowest BCUT2D eigenvalue weighted by Gasteiger charge is -2.19. The van der Waals surface area contributed by atoms with Crippen molar-refractivity contribution >= 4 is 17.2 Å². The molecule has 2 aromatic heterocycles. The number of nitro groups is 1. The molecule has 7 heteroatoms. The number of hydrogen-bond acceptors (Lipinski definition) is 5. The lowest BCUT2D eigenvalue weighted by Crippen LogP contribution is -2.23. The first kappa shape index (κ1) is 15.3. The molecule has 1 N–H and O–H groups in total. The maximum Gasteiger partial charge on any atom is 0.376 e. The molecule has 1 saturated carbocycles. The number of aromatic nitrogens is 2. The summed E-state index contributed by atoms with van der Waals surface area (Å²) in [5.41, 5.74) is 0.212. The number of anilines is 1. The third kappa shape index (κ3) is 2.84. The van der Waals surface area contributed by atoms with Gasteiger partial charge in [0.25, 0.3) is 0 Å². The van der Waals surface area contributed by atoms with Gasteiger partial charge in [-0.1, -0.05) is 36.4 Å². The zero-order valence-electron chi connectivity index (χ0n) is 13.3. The average Bonchev–Trinajstić information content (AvgIpc) is 3.45. The maximum absolute atomic E-state index is 12.5. The maximum atomic E-state index is 12.5. The Morgan fingerprint density at radius 3 is 2.56 bits per heavy atom. The van der Waals surface area contributed by atoms with Crippen molar-refractivity contribution in [1.82, 2.24) is 9.38 Å². The molecule has 1 aliphatic rings. The Morgan fingerprint density at radius 2 is 1.88 bits per heavy atom. The first-order chi connectivity index (χ1) is 12.1. The number of rotatable bonds is 5. The quantitative estimate of drug-likeness (QED) is 0.571. The summed E-state index contributed by atoms with van der Waals surface area (Å²) in [6, 6.07) is 14.7. The van der Waals surface area contributed by atoms with E-state index >= 15 is 0 Å². The standard InChI is InChI=1S/C18H16N4O3/c23-18-16(22(24)25)17(19-14-8-4-5-11-21(14)18)20-15(13-9-10-13)12-6-2-1-3-7-12/h1-8,11,13,15,20H,9-10H2/t15-/m0/s1. The molecule has 3 aromatic rings. The van der Waals surface area contributed by atoms with Crippen LogP contribution in [0.15, 0.2) is 59.5 Å². The fourth-order valence-corrected chi connectivity index (χ4v) is 3.06. The van der Waals surface area contributed by atoms with E-state index in [9.17, 15) is 14.9 Å². The molecule has 1 atom stereocenters. The molecule has 126 valence electrons. The Bertz CT molecular complexity index is 996. The van der Waals surface area contributed by atoms with Crippen LogP contribution in [0.1, 0.15) is 24.4 Å². The lowest BCUT2D eigenvalue weighted by molar-refractivity contribution is -0.385. The summed E-state index contributed by atoms with van der Waals surface area (Å²) in [6.07, 6.45) is 3.58. The predicted octanol–water partition coefficient (Wildman–Crippen LogP) is 3.17. The first-order valence-corrected chi connectivity index (χ1v) is 8.12. The van der Waals surface area contributed by atoms with Crippen molar-refractivity contribution in [3.05, 3.63) is 80.8 Å². The molecule has 0 bridgehead atoms. The molecule has 1 fully saturated rings. The molecule has 0 aliphatic heterocycles. The Morgan fingerprint density at radius 1 is 1.16 bits per heavy atom. The van der Waals surface area contributed by atoms with Gasteiger partial charge >= 0.3 is 11.2 Å². The summed E-state index contributed by atoms with van der Waals surface area (Å²) in [4.78, 5) is 27.7. The van der Waals surface area contributed by atoms with Gasteiger partial charge in [0.05, 0.1) is 11.0 Å². The first-order valence-electron chi connectivity index (χ1n) is 8.12. The Kier molecular flexibility index (Phi) is 3.68. The third-order valence-corrected chi connectivity index (χ3v) is 4.44. The van der Waals surface area contributed by atoms with E-state index in [-0.39, 0.29) is 11.9 Å². The van der Waals surface area contributed by atoms with Gasteiger partial charge in [0.15, 0.2) is 0 Å². The minimum atomic E-state index is -0.680. The molecule has 7 nitrogen and oxygen atoms in total. The molecule has 2 heterocycles. The second-order valence-corrected chi connectivity index (χ2v) is 6.17. The Balaban J connectivity index is 1.84. The summed E-state index contributed by atoms with van der Waals surface area (Å²) in [5, 5.41) is 14.7. The van der Waals surface area contributed by atoms with Crippen LogP contribution in [0.4, 0.5) is 11.5 Å². The van der Waals surface area contributed by atoms with E-state index in [0.717, 1.165) is 18.4 Å². The molecule has 0 spiro atoms. The van der Waals surface area contributed by atoms with Gasteiger partial charge in [0.1, 0.15) is 5.65 Å². The van der Waals surface area contributed by atoms with Gasteiger partial charge in [-0.2, -0.15) is 0 Å². The summed E-state index contributed by atoms with van der Waals surface area (Å²) in [6.45, 7) is 0. The number of pyridine rings is 1. The highest BCUT2D eigenvalue weighted by Crippen LogP contribution is 2.43. The number of hydrogen-bond donors (Lipinski definition) is 1. The van der Waals surface area contributed by atoms with E-state index in [2.05, 4.69) is 10.3 Å². The van der Waals surface area contributed by atoms with Crippen molar-refractivity contribution in [3.8, 4) is 0 Å². The van der Waals surface area contributed by atoms with Gasteiger partial charge in [0.2, 0.25) is 5.82 Å². The van der Waals surface area contributed by atoms with Crippen LogP contribution >= 0.6 is 0 Å². The Hall–Kier alpha value is -3.22. The van der Waals surface area contributed by atoms with Crippen molar-refractivity contribution in [3.63, 3.8) is 0 Å². The zero-order valence-corrected chi connectivity index (χ0v) is 13.3. The molecule has 0 unspecified atom stereocenters. The molecule has 1 aliphatic carbocycles. The highest BCUT2D eigenvalue weighted by atomic mass is 16.6. The summed E-state index contributed by atoms with van der Waals surface area (Å²) >= 11 is 0. The van der Waals surface area contributed by atoms with Gasteiger partial charge in [-0.3, -0.25) is 19.3 Å². The SMILES string of the molecule is O=c1c([N+](=O)[O-])c(N[C@@H](c2ccccc2)C2CC2)nc2ccccn12. The number of nitrogens with one attached hydrogen (secondary N) is 1. The Labute approximate surface area is 143 Å². The minimum absolute atomic E-state index is 0.0296. The van der Waals surface area contributed by atoms with Gasteiger partial charge < -0.3 is 5.32 Å². The molecule has 1 aromatic carbocycles. The van der Waals surface area contributed by atoms with E-state index in [1.807, 2.05) is 30.3 Å². The fourth-order valence-electron chi connectivity index (χ4n) is 3.06. The second kappa shape index (κ2) is 6.01. The minimum Gasteiger partial charge on any atom is -0.357 e. The molecule has 0 radical (unpaired) electrons. The normalized spacial score (nSPS) is 15.0. The smallest absolute Gasteiger partial charge is 0.357 e. The number of benzene rings is 1. The van der Waals surface area contributed by atoms with Crippen LogP contribution in [0.3, 0.4) is 0 Å². The van der Waals surface area contributed by atoms with Crippen LogP contribution in [0.5, 0.6) is 0 Å². The van der Waals surface area contributed by atoms with Gasteiger partial charge in [-0.25, -0.2) is 4.98 Å². The van der Waals surface area contributed by atoms with Crippen LogP contribution in [-0.4, -0.2) is 14.3 Å². The van der Waals surface area contributed by atoms with Crippen LogP contribution in [0, 0.1) is 16.0 Å². The zero-order chi connectivity index (χ0) is 17.4. The van der Waals surface area contributed by atoms with E-state index < -0.39 is 16.2 Å². The van der Waals surface area contributed by atoms with Crippen LogP contribution < -0.4 is 10.9 Å². The highest BCUT2D eigenvalue weighted by Gasteiger charge is 2.35. The largest absolute Gasteiger partial charge is 0.376 e. The van der Waals surface area contributed by atoms with Crippen molar-refractivity contribution in [2.75, 3.05) is 5.32 Å². The second-order valence-electron chi connectivity index (χ2n) is 6.17. The van der Waals surface area contributed by atoms with E-state index in [0.29, 0.717) is 11.6 Å². The van der Waals surface area contributed by atoms with Crippen molar-refractivity contribution in [2.24, 2.45) is 5.92 Å². The fraction of sp³-hybridized carbons (Fsp3) is 0.222. The molecule has 25 heavy (non-hydrogen) atoms. The predicted molar refractivity (Wildman–Crippen MR) is 93.6 cm³/mol. The monoisotopic (exact) mass is 336 g/mol. The topological polar surface area (TPSA) is 89.5 Å². The molecule has 4 rings (SSSR count). The van der Waals surface area contributed by atoms with E-state index in [1.54, 1.807) is 18.2 Å². The van der Waals surface area contributed by atoms with Crippen LogP contribution in [0.25, 0.3) is 5.65 Å². The molecule has 0 saturated heterocycles. The molecule has 0 amide bonds. The summed E-state index contributed by atoms with van der Waals surface area (Å²) in [5.74, 6) is 0.417. The lowest BCUT2D eigenvalue weighted by atomic mass is 10.0. The van der Waals surface area contributed by atoms with Gasteiger partial charge in [0, 0.05) is 6.20 Å². The van der Waals surface area contributed by atoms with Crippen LogP contribution in [-0.2, 0) is 0 Å². The number of nitrogens with zero attached hydrogens (tertiary/aromatic N) is 3. The molecular formula is C18H16N4O3. The molecular weight excluding hydrogens is 320 g/mol. The summed E-state index contributed by atoms with van der Waals surface area (Å²) < 4.78 is 1.19. The van der Waals surface area contributed by atoms with Gasteiger partial charge in [-0.05, 0) is 36.5 Å². The average molecular weight is 336 g/mol. The van der Waals surface area contributed by atoms with Crippen molar-refractivity contribution < 1.29 is 4.92 Å².